The topological polar surface area (TPSA) is 73.2 Å². The summed E-state index contributed by atoms with van der Waals surface area (Å²) >= 11 is 0. The van der Waals surface area contributed by atoms with E-state index in [2.05, 4.69) is 10.5 Å². The van der Waals surface area contributed by atoms with Crippen molar-refractivity contribution in [2.45, 2.75) is 13.5 Å². The van der Waals surface area contributed by atoms with Crippen molar-refractivity contribution < 1.29 is 23.9 Å². The van der Waals surface area contributed by atoms with Crippen molar-refractivity contribution in [3.8, 4) is 11.5 Å². The van der Waals surface area contributed by atoms with E-state index in [4.69, 9.17) is 9.26 Å². The molecule has 0 aliphatic carbocycles. The highest BCUT2D eigenvalue weighted by Crippen LogP contribution is 2.22. The lowest BCUT2D eigenvalue weighted by Crippen LogP contribution is -3.28. The van der Waals surface area contributed by atoms with Crippen LogP contribution in [0.3, 0.4) is 0 Å². The van der Waals surface area contributed by atoms with Gasteiger partial charge in [-0.2, -0.15) is 0 Å². The van der Waals surface area contributed by atoms with Gasteiger partial charge in [-0.05, 0) is 43.3 Å². The standard InChI is InChI=1S/C23H26N4O3/c1-18-15-20(25-30-18)16-26-11-13-27(14-12-26)17-23(28)24-19-7-9-22(10-8-19)29-21-5-3-2-4-6-21/h2-10,15H,11-14,16-17H2,1H3,(H,24,28)/p+2. The molecule has 2 aromatic carbocycles. The molecule has 1 saturated heterocycles. The number of nitrogens with one attached hydrogen (secondary N) is 3. The van der Waals surface area contributed by atoms with Crippen LogP contribution in [0.1, 0.15) is 11.5 Å². The molecule has 4 rings (SSSR count). The molecular weight excluding hydrogens is 380 g/mol. The SMILES string of the molecule is Cc1cc(C[NH+]2CC[NH+](CC(=O)Nc3ccc(Oc4ccccc4)cc3)CC2)no1. The lowest BCUT2D eigenvalue weighted by atomic mass is 10.2. The second-order valence-corrected chi connectivity index (χ2v) is 7.77. The summed E-state index contributed by atoms with van der Waals surface area (Å²) in [5.41, 5.74) is 1.79. The zero-order valence-corrected chi connectivity index (χ0v) is 17.2. The third-order valence-electron chi connectivity index (χ3n) is 5.30. The molecule has 0 atom stereocenters. The summed E-state index contributed by atoms with van der Waals surface area (Å²) in [4.78, 5) is 15.2. The predicted octanol–water partition coefficient (Wildman–Crippen LogP) is 0.697. The number of nitrogens with zero attached hydrogens (tertiary/aromatic N) is 1. The van der Waals surface area contributed by atoms with E-state index in [0.29, 0.717) is 6.54 Å². The molecule has 0 unspecified atom stereocenters. The fraction of sp³-hybridized carbons (Fsp3) is 0.304. The van der Waals surface area contributed by atoms with Crippen molar-refractivity contribution in [3.63, 3.8) is 0 Å². The normalized spacial score (nSPS) is 18.7. The monoisotopic (exact) mass is 408 g/mol. The number of aromatic nitrogens is 1. The second-order valence-electron chi connectivity index (χ2n) is 7.77. The Bertz CT molecular complexity index is 948. The Balaban J connectivity index is 1.20. The van der Waals surface area contributed by atoms with Gasteiger partial charge in [0.05, 0.1) is 0 Å². The summed E-state index contributed by atoms with van der Waals surface area (Å²) in [5, 5.41) is 7.07. The van der Waals surface area contributed by atoms with Crippen LogP contribution >= 0.6 is 0 Å². The van der Waals surface area contributed by atoms with Gasteiger partial charge in [-0.3, -0.25) is 4.79 Å². The Labute approximate surface area is 176 Å². The number of quaternary nitrogens is 2. The largest absolute Gasteiger partial charge is 0.457 e. The summed E-state index contributed by atoms with van der Waals surface area (Å²) in [5.74, 6) is 2.42. The molecule has 1 amide bonds. The Kier molecular flexibility index (Phi) is 6.41. The van der Waals surface area contributed by atoms with Crippen molar-refractivity contribution in [2.24, 2.45) is 0 Å². The zero-order chi connectivity index (χ0) is 20.8. The highest BCUT2D eigenvalue weighted by atomic mass is 16.5. The molecule has 3 aromatic rings. The highest BCUT2D eigenvalue weighted by molar-refractivity contribution is 5.91. The fourth-order valence-electron chi connectivity index (χ4n) is 3.73. The van der Waals surface area contributed by atoms with Gasteiger partial charge in [0.25, 0.3) is 5.91 Å². The quantitative estimate of drug-likeness (QED) is 0.538. The van der Waals surface area contributed by atoms with E-state index in [9.17, 15) is 4.79 Å². The molecule has 0 saturated carbocycles. The number of aryl methyl sites for hydroxylation is 1. The number of benzene rings is 2. The van der Waals surface area contributed by atoms with Crippen molar-refractivity contribution in [3.05, 3.63) is 72.1 Å². The minimum absolute atomic E-state index is 0.0392. The Morgan fingerprint density at radius 3 is 2.33 bits per heavy atom. The third-order valence-corrected chi connectivity index (χ3v) is 5.30. The minimum atomic E-state index is 0.0392. The maximum Gasteiger partial charge on any atom is 0.279 e. The molecule has 0 spiro atoms. The molecule has 156 valence electrons. The van der Waals surface area contributed by atoms with E-state index < -0.39 is 0 Å². The Morgan fingerprint density at radius 1 is 1.00 bits per heavy atom. The number of hydrogen-bond donors (Lipinski definition) is 3. The van der Waals surface area contributed by atoms with Gasteiger partial charge < -0.3 is 24.4 Å². The van der Waals surface area contributed by atoms with E-state index in [0.717, 1.165) is 61.4 Å². The first-order valence-electron chi connectivity index (χ1n) is 10.4. The van der Waals surface area contributed by atoms with Gasteiger partial charge in [0.1, 0.15) is 55.7 Å². The number of anilines is 1. The van der Waals surface area contributed by atoms with Crippen LogP contribution in [-0.2, 0) is 11.3 Å². The van der Waals surface area contributed by atoms with Crippen molar-refractivity contribution in [1.29, 1.82) is 0 Å². The van der Waals surface area contributed by atoms with E-state index in [-0.39, 0.29) is 5.91 Å². The first-order chi connectivity index (χ1) is 14.6. The number of para-hydroxylation sites is 1. The number of rotatable bonds is 7. The highest BCUT2D eigenvalue weighted by Gasteiger charge is 2.25. The Morgan fingerprint density at radius 2 is 1.67 bits per heavy atom. The van der Waals surface area contributed by atoms with E-state index in [1.165, 1.54) is 9.80 Å². The molecule has 1 aliphatic heterocycles. The maximum atomic E-state index is 12.4. The van der Waals surface area contributed by atoms with Crippen molar-refractivity contribution in [2.75, 3.05) is 38.0 Å². The van der Waals surface area contributed by atoms with Gasteiger partial charge in [0.15, 0.2) is 6.54 Å². The number of carbonyl (C=O) groups is 1. The number of hydrogen-bond acceptors (Lipinski definition) is 4. The van der Waals surface area contributed by atoms with Crippen LogP contribution in [0.15, 0.2) is 65.2 Å². The maximum absolute atomic E-state index is 12.4. The molecule has 7 heteroatoms. The summed E-state index contributed by atoms with van der Waals surface area (Å²) in [7, 11) is 0. The molecule has 0 radical (unpaired) electrons. The molecule has 3 N–H and O–H groups in total. The van der Waals surface area contributed by atoms with Crippen LogP contribution in [0.5, 0.6) is 11.5 Å². The van der Waals surface area contributed by atoms with Gasteiger partial charge >= 0.3 is 0 Å². The molecule has 2 heterocycles. The predicted molar refractivity (Wildman–Crippen MR) is 113 cm³/mol. The number of ether oxygens (including phenoxy) is 1. The van der Waals surface area contributed by atoms with Gasteiger partial charge in [0.2, 0.25) is 0 Å². The van der Waals surface area contributed by atoms with Crippen LogP contribution in [0, 0.1) is 6.92 Å². The zero-order valence-electron chi connectivity index (χ0n) is 17.2. The fourth-order valence-corrected chi connectivity index (χ4v) is 3.73. The van der Waals surface area contributed by atoms with E-state index in [1.807, 2.05) is 67.6 Å². The molecular formula is C23H28N4O3+2. The first-order valence-corrected chi connectivity index (χ1v) is 10.4. The van der Waals surface area contributed by atoms with Gasteiger partial charge in [0, 0.05) is 11.8 Å². The lowest BCUT2D eigenvalue weighted by Gasteiger charge is -2.28. The van der Waals surface area contributed by atoms with Crippen LogP contribution < -0.4 is 19.9 Å². The molecule has 1 aliphatic rings. The average molecular weight is 409 g/mol. The van der Waals surface area contributed by atoms with Crippen molar-refractivity contribution in [1.82, 2.24) is 5.16 Å². The minimum Gasteiger partial charge on any atom is -0.457 e. The molecule has 0 bridgehead atoms. The van der Waals surface area contributed by atoms with Crippen molar-refractivity contribution >= 4 is 11.6 Å². The Hall–Kier alpha value is -3.16. The smallest absolute Gasteiger partial charge is 0.279 e. The number of amides is 1. The van der Waals surface area contributed by atoms with Gasteiger partial charge in [-0.25, -0.2) is 0 Å². The summed E-state index contributed by atoms with van der Waals surface area (Å²) in [6, 6.07) is 19.1. The lowest BCUT2D eigenvalue weighted by molar-refractivity contribution is -1.02. The molecule has 1 fully saturated rings. The van der Waals surface area contributed by atoms with Crippen LogP contribution in [0.2, 0.25) is 0 Å². The van der Waals surface area contributed by atoms with Crippen LogP contribution in [0.25, 0.3) is 0 Å². The van der Waals surface area contributed by atoms with Crippen LogP contribution in [0.4, 0.5) is 5.69 Å². The summed E-state index contributed by atoms with van der Waals surface area (Å²) in [6.45, 7) is 7.29. The summed E-state index contributed by atoms with van der Waals surface area (Å²) < 4.78 is 10.9. The summed E-state index contributed by atoms with van der Waals surface area (Å²) in [6.07, 6.45) is 0. The number of piperazine rings is 1. The first kappa shape index (κ1) is 20.1. The van der Waals surface area contributed by atoms with E-state index >= 15 is 0 Å². The molecule has 7 nitrogen and oxygen atoms in total. The molecule has 1 aromatic heterocycles. The third kappa shape index (κ3) is 5.68. The van der Waals surface area contributed by atoms with E-state index in [1.54, 1.807) is 0 Å². The second kappa shape index (κ2) is 9.56. The van der Waals surface area contributed by atoms with Crippen LogP contribution in [-0.4, -0.2) is 43.8 Å². The van der Waals surface area contributed by atoms with Gasteiger partial charge in [-0.1, -0.05) is 23.4 Å². The van der Waals surface area contributed by atoms with Gasteiger partial charge in [-0.15, -0.1) is 0 Å². The molecule has 30 heavy (non-hydrogen) atoms. The average Bonchev–Trinajstić information content (AvgIpc) is 3.16. The number of carbonyl (C=O) groups excluding carboxylic acids is 1.